The second kappa shape index (κ2) is 4.91. The van der Waals surface area contributed by atoms with Crippen LogP contribution in [0.2, 0.25) is 0 Å². The molecule has 0 bridgehead atoms. The molecule has 0 aliphatic carbocycles. The van der Waals surface area contributed by atoms with Gasteiger partial charge in [-0.2, -0.15) is 0 Å². The molecule has 6 heteroatoms. The van der Waals surface area contributed by atoms with Crippen LogP contribution >= 0.6 is 11.3 Å². The summed E-state index contributed by atoms with van der Waals surface area (Å²) in [6.07, 6.45) is 1.91. The van der Waals surface area contributed by atoms with Crippen LogP contribution in [0.1, 0.15) is 9.67 Å². The standard InChI is InChI=1S/C12H10O4S2/c1-18(14,15)11-5-2-9(3-6-11)16-12-7-4-10(8-13)17-12/h2-8H,1H3. The summed E-state index contributed by atoms with van der Waals surface area (Å²) in [6, 6.07) is 9.49. The summed E-state index contributed by atoms with van der Waals surface area (Å²) in [4.78, 5) is 11.3. The molecule has 2 aromatic rings. The summed E-state index contributed by atoms with van der Waals surface area (Å²) >= 11 is 1.23. The molecule has 0 spiro atoms. The van der Waals surface area contributed by atoms with Gasteiger partial charge in [-0.3, -0.25) is 4.79 Å². The van der Waals surface area contributed by atoms with Gasteiger partial charge in [-0.15, -0.1) is 0 Å². The molecule has 0 fully saturated rings. The van der Waals surface area contributed by atoms with Crippen LogP contribution in [0.15, 0.2) is 41.3 Å². The third-order valence-corrected chi connectivity index (χ3v) is 4.21. The van der Waals surface area contributed by atoms with Crippen LogP contribution in [0.4, 0.5) is 0 Å². The Morgan fingerprint density at radius 2 is 1.78 bits per heavy atom. The van der Waals surface area contributed by atoms with Crippen molar-refractivity contribution in [2.24, 2.45) is 0 Å². The third-order valence-electron chi connectivity index (χ3n) is 2.19. The number of sulfone groups is 1. The zero-order valence-electron chi connectivity index (χ0n) is 9.49. The van der Waals surface area contributed by atoms with Crippen LogP contribution in [0.3, 0.4) is 0 Å². The second-order valence-electron chi connectivity index (χ2n) is 3.62. The maximum absolute atomic E-state index is 11.3. The zero-order valence-corrected chi connectivity index (χ0v) is 11.1. The van der Waals surface area contributed by atoms with E-state index >= 15 is 0 Å². The predicted octanol–water partition coefficient (Wildman–Crippen LogP) is 2.76. The first kappa shape index (κ1) is 12.8. The number of carbonyl (C=O) groups excluding carboxylic acids is 1. The smallest absolute Gasteiger partial charge is 0.181 e. The van der Waals surface area contributed by atoms with Gasteiger partial charge in [0.25, 0.3) is 0 Å². The molecule has 0 saturated heterocycles. The minimum atomic E-state index is -3.19. The molecule has 94 valence electrons. The van der Waals surface area contributed by atoms with Crippen molar-refractivity contribution < 1.29 is 17.9 Å². The Kier molecular flexibility index (Phi) is 3.49. The monoisotopic (exact) mass is 282 g/mol. The lowest BCUT2D eigenvalue weighted by atomic mass is 10.3. The highest BCUT2D eigenvalue weighted by atomic mass is 32.2. The molecule has 2 rings (SSSR count). The average molecular weight is 282 g/mol. The molecular weight excluding hydrogens is 272 g/mol. The predicted molar refractivity (Wildman–Crippen MR) is 69.3 cm³/mol. The summed E-state index contributed by atoms with van der Waals surface area (Å²) in [5.41, 5.74) is 0. The summed E-state index contributed by atoms with van der Waals surface area (Å²) in [5.74, 6) is 0.529. The van der Waals surface area contributed by atoms with Crippen molar-refractivity contribution in [3.8, 4) is 10.8 Å². The van der Waals surface area contributed by atoms with E-state index in [1.54, 1.807) is 24.3 Å². The van der Waals surface area contributed by atoms with Gasteiger partial charge >= 0.3 is 0 Å². The second-order valence-corrected chi connectivity index (χ2v) is 6.71. The van der Waals surface area contributed by atoms with Gasteiger partial charge in [0.1, 0.15) is 5.75 Å². The van der Waals surface area contributed by atoms with Gasteiger partial charge in [0.15, 0.2) is 21.2 Å². The van der Waals surface area contributed by atoms with E-state index in [0.717, 1.165) is 12.5 Å². The van der Waals surface area contributed by atoms with Crippen molar-refractivity contribution in [2.45, 2.75) is 4.90 Å². The number of rotatable bonds is 4. The van der Waals surface area contributed by atoms with E-state index in [9.17, 15) is 13.2 Å². The number of benzene rings is 1. The van der Waals surface area contributed by atoms with E-state index in [-0.39, 0.29) is 4.90 Å². The Balaban J connectivity index is 2.18. The van der Waals surface area contributed by atoms with Crippen molar-refractivity contribution in [1.82, 2.24) is 0 Å². The van der Waals surface area contributed by atoms with Gasteiger partial charge in [-0.1, -0.05) is 11.3 Å². The number of hydrogen-bond donors (Lipinski definition) is 0. The number of aldehydes is 1. The minimum absolute atomic E-state index is 0.245. The summed E-state index contributed by atoms with van der Waals surface area (Å²) in [6.45, 7) is 0. The Morgan fingerprint density at radius 1 is 1.11 bits per heavy atom. The van der Waals surface area contributed by atoms with Crippen molar-refractivity contribution >= 4 is 27.5 Å². The molecule has 0 amide bonds. The maximum Gasteiger partial charge on any atom is 0.181 e. The van der Waals surface area contributed by atoms with E-state index < -0.39 is 9.84 Å². The lowest BCUT2D eigenvalue weighted by Crippen LogP contribution is -1.96. The van der Waals surface area contributed by atoms with E-state index in [2.05, 4.69) is 0 Å². The van der Waals surface area contributed by atoms with Crippen LogP contribution in [0.25, 0.3) is 0 Å². The summed E-state index contributed by atoms with van der Waals surface area (Å²) in [7, 11) is -3.19. The van der Waals surface area contributed by atoms with Gasteiger partial charge in [-0.25, -0.2) is 8.42 Å². The van der Waals surface area contributed by atoms with Crippen molar-refractivity contribution in [3.63, 3.8) is 0 Å². The highest BCUT2D eigenvalue weighted by Crippen LogP contribution is 2.29. The molecule has 0 radical (unpaired) electrons. The summed E-state index contributed by atoms with van der Waals surface area (Å²) in [5, 5.41) is 0.587. The number of hydrogen-bond acceptors (Lipinski definition) is 5. The zero-order chi connectivity index (χ0) is 13.2. The van der Waals surface area contributed by atoms with Crippen molar-refractivity contribution in [3.05, 3.63) is 41.3 Å². The van der Waals surface area contributed by atoms with Gasteiger partial charge < -0.3 is 4.74 Å². The fourth-order valence-corrected chi connectivity index (χ4v) is 2.64. The van der Waals surface area contributed by atoms with Gasteiger partial charge in [0.2, 0.25) is 0 Å². The minimum Gasteiger partial charge on any atom is -0.447 e. The molecule has 0 atom stereocenters. The number of thiophene rings is 1. The highest BCUT2D eigenvalue weighted by molar-refractivity contribution is 7.90. The molecule has 1 aromatic carbocycles. The number of ether oxygens (including phenoxy) is 1. The normalized spacial score (nSPS) is 11.2. The molecule has 0 aliphatic rings. The van der Waals surface area contributed by atoms with Crippen molar-refractivity contribution in [2.75, 3.05) is 6.26 Å². The van der Waals surface area contributed by atoms with Gasteiger partial charge in [0, 0.05) is 6.26 Å². The molecule has 18 heavy (non-hydrogen) atoms. The Morgan fingerprint density at radius 3 is 2.28 bits per heavy atom. The van der Waals surface area contributed by atoms with E-state index in [1.165, 1.54) is 23.5 Å². The molecule has 1 aromatic heterocycles. The van der Waals surface area contributed by atoms with Crippen LogP contribution < -0.4 is 4.74 Å². The Bertz CT molecular complexity index is 654. The van der Waals surface area contributed by atoms with Crippen LogP contribution in [-0.4, -0.2) is 21.0 Å². The Labute approximate surface area is 109 Å². The maximum atomic E-state index is 11.3. The summed E-state index contributed by atoms with van der Waals surface area (Å²) < 4.78 is 28.0. The first-order chi connectivity index (χ1) is 8.49. The topological polar surface area (TPSA) is 60.4 Å². The van der Waals surface area contributed by atoms with E-state index in [0.29, 0.717) is 15.7 Å². The molecule has 4 nitrogen and oxygen atoms in total. The lowest BCUT2D eigenvalue weighted by Gasteiger charge is -2.03. The van der Waals surface area contributed by atoms with Crippen LogP contribution in [0.5, 0.6) is 10.8 Å². The largest absolute Gasteiger partial charge is 0.447 e. The quantitative estimate of drug-likeness (QED) is 0.809. The fraction of sp³-hybridized carbons (Fsp3) is 0.0833. The van der Waals surface area contributed by atoms with Crippen molar-refractivity contribution in [1.29, 1.82) is 0 Å². The molecule has 0 aliphatic heterocycles. The fourth-order valence-electron chi connectivity index (χ4n) is 1.32. The first-order valence-electron chi connectivity index (χ1n) is 5.02. The molecule has 0 N–H and O–H groups in total. The number of carbonyl (C=O) groups is 1. The third kappa shape index (κ3) is 2.96. The molecule has 0 saturated carbocycles. The Hall–Kier alpha value is -1.66. The van der Waals surface area contributed by atoms with Gasteiger partial charge in [-0.05, 0) is 36.4 Å². The van der Waals surface area contributed by atoms with Gasteiger partial charge in [0.05, 0.1) is 9.77 Å². The first-order valence-corrected chi connectivity index (χ1v) is 7.73. The average Bonchev–Trinajstić information content (AvgIpc) is 2.76. The van der Waals surface area contributed by atoms with E-state index in [4.69, 9.17) is 4.74 Å². The highest BCUT2D eigenvalue weighted by Gasteiger charge is 2.07. The van der Waals surface area contributed by atoms with Crippen LogP contribution in [0, 0.1) is 0 Å². The van der Waals surface area contributed by atoms with E-state index in [1.807, 2.05) is 0 Å². The van der Waals surface area contributed by atoms with Crippen LogP contribution in [-0.2, 0) is 9.84 Å². The molecular formula is C12H10O4S2. The molecule has 1 heterocycles. The SMILES string of the molecule is CS(=O)(=O)c1ccc(Oc2ccc(C=O)s2)cc1. The molecule has 0 unspecified atom stereocenters. The lowest BCUT2D eigenvalue weighted by molar-refractivity contribution is 0.112.